The molecule has 3 aromatic rings. The molecular weight excluding hydrogens is 387 g/mol. The molecule has 0 aromatic heterocycles. The average Bonchev–Trinajstić information content (AvgIpc) is 2.70. The summed E-state index contributed by atoms with van der Waals surface area (Å²) in [5.74, 6) is 0.713. The number of rotatable bonds is 3. The first-order valence-electron chi connectivity index (χ1n) is 9.61. The lowest BCUT2D eigenvalue weighted by atomic mass is 9.85. The van der Waals surface area contributed by atoms with Crippen LogP contribution in [0.3, 0.4) is 0 Å². The van der Waals surface area contributed by atoms with Crippen LogP contribution in [0.25, 0.3) is 11.1 Å². The molecule has 1 aliphatic heterocycles. The summed E-state index contributed by atoms with van der Waals surface area (Å²) < 4.78 is 19.9. The van der Waals surface area contributed by atoms with E-state index in [1.54, 1.807) is 24.3 Å². The molecule has 2 nitrogen and oxygen atoms in total. The van der Waals surface area contributed by atoms with Gasteiger partial charge in [-0.3, -0.25) is 0 Å². The molecule has 0 radical (unpaired) electrons. The summed E-state index contributed by atoms with van der Waals surface area (Å²) in [6, 6.07) is 18.0. The van der Waals surface area contributed by atoms with Gasteiger partial charge in [-0.25, -0.2) is 4.39 Å². The Balaban J connectivity index is 1.90. The maximum Gasteiger partial charge on any atom is 0.150 e. The zero-order chi connectivity index (χ0) is 20.7. The Kier molecular flexibility index (Phi) is 5.10. The van der Waals surface area contributed by atoms with Gasteiger partial charge in [0.05, 0.1) is 5.02 Å². The first-order chi connectivity index (χ1) is 13.8. The van der Waals surface area contributed by atoms with E-state index in [2.05, 4.69) is 38.1 Å². The molecule has 1 atom stereocenters. The van der Waals surface area contributed by atoms with Crippen molar-refractivity contribution in [1.82, 2.24) is 0 Å². The van der Waals surface area contributed by atoms with E-state index in [-0.39, 0.29) is 22.7 Å². The van der Waals surface area contributed by atoms with E-state index < -0.39 is 0 Å². The standard InChI is InChI=1S/C25H22ClFO2/c1-14(2)16-4-6-18(7-5-16)25-24(17-8-10-19(27)11-9-17)15(3)20-12-21(26)22(28)13-23(20)29-25/h4-14,25,28H,1-3H3/t25-/m0/s1. The predicted octanol–water partition coefficient (Wildman–Crippen LogP) is 7.37. The Morgan fingerprint density at radius 3 is 2.28 bits per heavy atom. The molecule has 1 aliphatic rings. The fourth-order valence-electron chi connectivity index (χ4n) is 3.75. The maximum atomic E-state index is 13.5. The third-order valence-corrected chi connectivity index (χ3v) is 5.73. The van der Waals surface area contributed by atoms with Crippen molar-refractivity contribution in [2.24, 2.45) is 0 Å². The van der Waals surface area contributed by atoms with Crippen LogP contribution in [0.1, 0.15) is 55.0 Å². The van der Waals surface area contributed by atoms with Gasteiger partial charge in [0.2, 0.25) is 0 Å². The van der Waals surface area contributed by atoms with E-state index >= 15 is 0 Å². The van der Waals surface area contributed by atoms with E-state index in [0.29, 0.717) is 11.7 Å². The van der Waals surface area contributed by atoms with Gasteiger partial charge in [-0.05, 0) is 53.3 Å². The normalized spacial score (nSPS) is 16.0. The van der Waals surface area contributed by atoms with Crippen molar-refractivity contribution in [3.63, 3.8) is 0 Å². The van der Waals surface area contributed by atoms with Crippen LogP contribution >= 0.6 is 11.6 Å². The summed E-state index contributed by atoms with van der Waals surface area (Å²) in [7, 11) is 0. The topological polar surface area (TPSA) is 29.5 Å². The molecule has 0 aliphatic carbocycles. The van der Waals surface area contributed by atoms with Gasteiger partial charge in [-0.15, -0.1) is 0 Å². The highest BCUT2D eigenvalue weighted by molar-refractivity contribution is 6.32. The van der Waals surface area contributed by atoms with E-state index in [1.807, 2.05) is 6.92 Å². The molecule has 0 saturated carbocycles. The lowest BCUT2D eigenvalue weighted by Gasteiger charge is -2.31. The molecular formula is C25H22ClFO2. The van der Waals surface area contributed by atoms with Crippen molar-refractivity contribution in [3.8, 4) is 11.5 Å². The molecule has 0 fully saturated rings. The minimum absolute atomic E-state index is 0.0163. The first kappa shape index (κ1) is 19.5. The van der Waals surface area contributed by atoms with Crippen molar-refractivity contribution >= 4 is 22.7 Å². The molecule has 1 heterocycles. The highest BCUT2D eigenvalue weighted by atomic mass is 35.5. The Labute approximate surface area is 175 Å². The Bertz CT molecular complexity index is 1080. The third-order valence-electron chi connectivity index (χ3n) is 5.43. The van der Waals surface area contributed by atoms with Gasteiger partial charge in [-0.2, -0.15) is 0 Å². The van der Waals surface area contributed by atoms with Gasteiger partial charge >= 0.3 is 0 Å². The number of halogens is 2. The number of phenols is 1. The van der Waals surface area contributed by atoms with Crippen molar-refractivity contribution in [3.05, 3.63) is 93.8 Å². The summed E-state index contributed by atoms with van der Waals surface area (Å²) >= 11 is 6.15. The number of ether oxygens (including phenoxy) is 1. The van der Waals surface area contributed by atoms with E-state index in [0.717, 1.165) is 27.8 Å². The SMILES string of the molecule is CC1=C(c2ccc(F)cc2)[C@H](c2ccc(C(C)C)cc2)Oc2cc(O)c(Cl)cc21. The van der Waals surface area contributed by atoms with Crippen LogP contribution in [0, 0.1) is 5.82 Å². The number of allylic oxidation sites excluding steroid dienone is 1. The van der Waals surface area contributed by atoms with E-state index in [4.69, 9.17) is 16.3 Å². The molecule has 0 amide bonds. The lowest BCUT2D eigenvalue weighted by Crippen LogP contribution is -2.16. The summed E-state index contributed by atoms with van der Waals surface area (Å²) in [6.07, 6.45) is -0.380. The van der Waals surface area contributed by atoms with Crippen LogP contribution < -0.4 is 4.74 Å². The molecule has 1 N–H and O–H groups in total. The Morgan fingerprint density at radius 1 is 1.00 bits per heavy atom. The second-order valence-electron chi connectivity index (χ2n) is 7.66. The summed E-state index contributed by atoms with van der Waals surface area (Å²) in [5, 5.41) is 10.3. The minimum Gasteiger partial charge on any atom is -0.506 e. The smallest absolute Gasteiger partial charge is 0.150 e. The first-order valence-corrected chi connectivity index (χ1v) is 9.99. The minimum atomic E-state index is -0.380. The molecule has 4 heteroatoms. The fourth-order valence-corrected chi connectivity index (χ4v) is 3.91. The highest BCUT2D eigenvalue weighted by Gasteiger charge is 2.30. The molecule has 4 rings (SSSR count). The Morgan fingerprint density at radius 2 is 1.66 bits per heavy atom. The predicted molar refractivity (Wildman–Crippen MR) is 116 cm³/mol. The van der Waals surface area contributed by atoms with E-state index in [1.165, 1.54) is 17.7 Å². The van der Waals surface area contributed by atoms with Crippen LogP contribution in [-0.4, -0.2) is 5.11 Å². The zero-order valence-corrected chi connectivity index (χ0v) is 17.3. The lowest BCUT2D eigenvalue weighted by molar-refractivity contribution is 0.259. The van der Waals surface area contributed by atoms with Gasteiger partial charge in [0.1, 0.15) is 23.4 Å². The van der Waals surface area contributed by atoms with E-state index in [9.17, 15) is 9.50 Å². The zero-order valence-electron chi connectivity index (χ0n) is 16.5. The quantitative estimate of drug-likeness (QED) is 0.490. The fraction of sp³-hybridized carbons (Fsp3) is 0.200. The van der Waals surface area contributed by atoms with Crippen LogP contribution in [0.4, 0.5) is 4.39 Å². The summed E-state index contributed by atoms with van der Waals surface area (Å²) in [4.78, 5) is 0. The van der Waals surface area contributed by atoms with Crippen LogP contribution in [0.5, 0.6) is 11.5 Å². The van der Waals surface area contributed by atoms with Crippen LogP contribution in [-0.2, 0) is 0 Å². The largest absolute Gasteiger partial charge is 0.506 e. The number of benzene rings is 3. The van der Waals surface area contributed by atoms with Crippen molar-refractivity contribution in [1.29, 1.82) is 0 Å². The van der Waals surface area contributed by atoms with Gasteiger partial charge in [0, 0.05) is 17.2 Å². The van der Waals surface area contributed by atoms with Gasteiger partial charge < -0.3 is 9.84 Å². The maximum absolute atomic E-state index is 13.5. The molecule has 0 bridgehead atoms. The number of aromatic hydroxyl groups is 1. The van der Waals surface area contributed by atoms with Crippen molar-refractivity contribution in [2.45, 2.75) is 32.8 Å². The van der Waals surface area contributed by atoms with Crippen LogP contribution in [0.15, 0.2) is 60.7 Å². The third kappa shape index (κ3) is 3.63. The Hall–Kier alpha value is -2.78. The monoisotopic (exact) mass is 408 g/mol. The molecule has 0 unspecified atom stereocenters. The summed E-state index contributed by atoms with van der Waals surface area (Å²) in [5.41, 5.74) is 5.89. The second kappa shape index (κ2) is 7.57. The highest BCUT2D eigenvalue weighted by Crippen LogP contribution is 2.48. The number of hydrogen-bond acceptors (Lipinski definition) is 2. The van der Waals surface area contributed by atoms with Crippen molar-refractivity contribution < 1.29 is 14.2 Å². The average molecular weight is 409 g/mol. The molecule has 0 spiro atoms. The summed E-state index contributed by atoms with van der Waals surface area (Å²) in [6.45, 7) is 6.31. The molecule has 29 heavy (non-hydrogen) atoms. The number of hydrogen-bond donors (Lipinski definition) is 1. The number of fused-ring (bicyclic) bond motifs is 1. The van der Waals surface area contributed by atoms with Gasteiger partial charge in [0.25, 0.3) is 0 Å². The van der Waals surface area contributed by atoms with Crippen LogP contribution in [0.2, 0.25) is 5.02 Å². The number of phenolic OH excluding ortho intramolecular Hbond substituents is 1. The second-order valence-corrected chi connectivity index (χ2v) is 8.07. The van der Waals surface area contributed by atoms with Gasteiger partial charge in [-0.1, -0.05) is 61.8 Å². The molecule has 0 saturated heterocycles. The van der Waals surface area contributed by atoms with Gasteiger partial charge in [0.15, 0.2) is 0 Å². The molecule has 148 valence electrons. The van der Waals surface area contributed by atoms with Crippen molar-refractivity contribution in [2.75, 3.05) is 0 Å². The molecule has 3 aromatic carbocycles.